The summed E-state index contributed by atoms with van der Waals surface area (Å²) >= 11 is 0. The number of pyridine rings is 1. The minimum Gasteiger partial charge on any atom is -0.371 e. The first-order chi connectivity index (χ1) is 14.1. The van der Waals surface area contributed by atoms with Crippen molar-refractivity contribution < 1.29 is 4.79 Å². The lowest BCUT2D eigenvalue weighted by molar-refractivity contribution is -0.134. The highest BCUT2D eigenvalue weighted by Crippen LogP contribution is 2.26. The molecule has 1 fully saturated rings. The number of hydrogen-bond donors (Lipinski definition) is 0. The summed E-state index contributed by atoms with van der Waals surface area (Å²) in [5.74, 6) is 0.419. The molecule has 4 nitrogen and oxygen atoms in total. The average Bonchev–Trinajstić information content (AvgIpc) is 2.77. The van der Waals surface area contributed by atoms with Crippen LogP contribution in [0.4, 0.5) is 5.69 Å². The third-order valence-electron chi connectivity index (χ3n) is 6.15. The van der Waals surface area contributed by atoms with E-state index in [1.54, 1.807) is 0 Å². The number of likely N-dealkylation sites (N-methyl/N-ethyl adjacent to an activating group) is 1. The van der Waals surface area contributed by atoms with Crippen molar-refractivity contribution in [2.75, 3.05) is 31.6 Å². The predicted molar refractivity (Wildman–Crippen MR) is 119 cm³/mol. The molecule has 0 bridgehead atoms. The molecule has 2 aromatic carbocycles. The van der Waals surface area contributed by atoms with E-state index in [0.717, 1.165) is 38.9 Å². The Balaban J connectivity index is 1.33. The van der Waals surface area contributed by atoms with Crippen molar-refractivity contribution in [1.82, 2.24) is 9.88 Å². The van der Waals surface area contributed by atoms with Gasteiger partial charge in [0.15, 0.2) is 0 Å². The van der Waals surface area contributed by atoms with Gasteiger partial charge in [0.2, 0.25) is 5.91 Å². The quantitative estimate of drug-likeness (QED) is 0.648. The Labute approximate surface area is 173 Å². The molecule has 1 saturated heterocycles. The van der Waals surface area contributed by atoms with Crippen LogP contribution >= 0.6 is 0 Å². The number of amides is 1. The molecule has 3 aromatic rings. The summed E-state index contributed by atoms with van der Waals surface area (Å²) in [6.07, 6.45) is 6.48. The van der Waals surface area contributed by atoms with Gasteiger partial charge in [0, 0.05) is 50.7 Å². The molecule has 0 unspecified atom stereocenters. The molecule has 1 aliphatic heterocycles. The number of hydrogen-bond acceptors (Lipinski definition) is 3. The van der Waals surface area contributed by atoms with Crippen LogP contribution in [0.1, 0.15) is 24.0 Å². The normalized spacial score (nSPS) is 14.9. The van der Waals surface area contributed by atoms with Crippen LogP contribution in [-0.4, -0.2) is 42.5 Å². The van der Waals surface area contributed by atoms with Crippen LogP contribution in [0.25, 0.3) is 10.8 Å². The molecule has 1 amide bonds. The summed E-state index contributed by atoms with van der Waals surface area (Å²) in [6, 6.07) is 17.0. The first-order valence-corrected chi connectivity index (χ1v) is 10.5. The fourth-order valence-electron chi connectivity index (χ4n) is 4.41. The molecular formula is C25H29N3O. The van der Waals surface area contributed by atoms with Gasteiger partial charge in [0.25, 0.3) is 0 Å². The highest BCUT2D eigenvalue weighted by molar-refractivity contribution is 5.85. The van der Waals surface area contributed by atoms with E-state index in [9.17, 15) is 4.79 Å². The topological polar surface area (TPSA) is 36.4 Å². The smallest absolute Gasteiger partial charge is 0.225 e. The van der Waals surface area contributed by atoms with Crippen LogP contribution in [0.15, 0.2) is 60.9 Å². The number of aryl methyl sites for hydroxylation is 1. The van der Waals surface area contributed by atoms with Crippen molar-refractivity contribution in [2.45, 2.75) is 26.2 Å². The number of nitrogens with zero attached hydrogens (tertiary/aromatic N) is 3. The summed E-state index contributed by atoms with van der Waals surface area (Å²) in [5, 5.41) is 2.55. The number of benzene rings is 2. The molecule has 2 heterocycles. The molecule has 150 valence electrons. The van der Waals surface area contributed by atoms with E-state index in [2.05, 4.69) is 65.3 Å². The number of anilines is 1. The van der Waals surface area contributed by atoms with Crippen LogP contribution in [0.3, 0.4) is 0 Å². The van der Waals surface area contributed by atoms with Crippen LogP contribution in [-0.2, 0) is 11.2 Å². The first-order valence-electron chi connectivity index (χ1n) is 10.5. The van der Waals surface area contributed by atoms with Crippen LogP contribution < -0.4 is 4.90 Å². The molecule has 0 radical (unpaired) electrons. The van der Waals surface area contributed by atoms with E-state index < -0.39 is 0 Å². The van der Waals surface area contributed by atoms with Gasteiger partial charge in [0.1, 0.15) is 0 Å². The number of aromatic nitrogens is 1. The molecule has 0 aliphatic carbocycles. The summed E-state index contributed by atoms with van der Waals surface area (Å²) < 4.78 is 0. The molecular weight excluding hydrogens is 358 g/mol. The summed E-state index contributed by atoms with van der Waals surface area (Å²) in [5.41, 5.74) is 3.76. The third kappa shape index (κ3) is 4.26. The lowest BCUT2D eigenvalue weighted by Gasteiger charge is -2.35. The van der Waals surface area contributed by atoms with Crippen molar-refractivity contribution in [3.63, 3.8) is 0 Å². The van der Waals surface area contributed by atoms with E-state index in [1.807, 2.05) is 24.3 Å². The van der Waals surface area contributed by atoms with Crippen molar-refractivity contribution in [2.24, 2.45) is 5.92 Å². The minimum absolute atomic E-state index is 0.130. The highest BCUT2D eigenvalue weighted by atomic mass is 16.2. The molecule has 29 heavy (non-hydrogen) atoms. The van der Waals surface area contributed by atoms with E-state index in [0.29, 0.717) is 0 Å². The van der Waals surface area contributed by atoms with E-state index >= 15 is 0 Å². The van der Waals surface area contributed by atoms with Gasteiger partial charge in [0.05, 0.1) is 0 Å². The number of carbonyl (C=O) groups excluding carboxylic acids is 1. The monoisotopic (exact) mass is 387 g/mol. The third-order valence-corrected chi connectivity index (χ3v) is 6.15. The maximum atomic E-state index is 13.0. The van der Waals surface area contributed by atoms with Gasteiger partial charge in [-0.3, -0.25) is 9.78 Å². The molecule has 0 atom stereocenters. The van der Waals surface area contributed by atoms with Crippen molar-refractivity contribution in [3.8, 4) is 0 Å². The van der Waals surface area contributed by atoms with Crippen molar-refractivity contribution in [3.05, 3.63) is 72.1 Å². The second-order valence-corrected chi connectivity index (χ2v) is 8.07. The van der Waals surface area contributed by atoms with E-state index in [-0.39, 0.29) is 11.8 Å². The molecule has 4 heteroatoms. The van der Waals surface area contributed by atoms with Gasteiger partial charge in [-0.1, -0.05) is 42.5 Å². The molecule has 0 saturated carbocycles. The molecule has 1 aromatic heterocycles. The van der Waals surface area contributed by atoms with E-state index in [4.69, 9.17) is 0 Å². The summed E-state index contributed by atoms with van der Waals surface area (Å²) in [7, 11) is 1.95. The Hall–Kier alpha value is -2.88. The van der Waals surface area contributed by atoms with Gasteiger partial charge in [-0.05, 0) is 54.2 Å². The second kappa shape index (κ2) is 8.64. The Morgan fingerprint density at radius 1 is 1.10 bits per heavy atom. The Kier molecular flexibility index (Phi) is 5.79. The molecule has 4 rings (SSSR count). The largest absolute Gasteiger partial charge is 0.371 e. The van der Waals surface area contributed by atoms with Crippen molar-refractivity contribution in [1.29, 1.82) is 0 Å². The zero-order chi connectivity index (χ0) is 20.2. The fourth-order valence-corrected chi connectivity index (χ4v) is 4.41. The zero-order valence-electron chi connectivity index (χ0n) is 17.3. The van der Waals surface area contributed by atoms with E-state index in [1.165, 1.54) is 27.6 Å². The van der Waals surface area contributed by atoms with Crippen molar-refractivity contribution >= 4 is 22.4 Å². The average molecular weight is 388 g/mol. The van der Waals surface area contributed by atoms with Gasteiger partial charge < -0.3 is 9.80 Å². The lowest BCUT2D eigenvalue weighted by Crippen LogP contribution is -2.42. The number of carbonyl (C=O) groups is 1. The summed E-state index contributed by atoms with van der Waals surface area (Å²) in [6.45, 7) is 4.72. The minimum atomic E-state index is 0.130. The van der Waals surface area contributed by atoms with Crippen LogP contribution in [0, 0.1) is 12.8 Å². The van der Waals surface area contributed by atoms with Gasteiger partial charge in [-0.25, -0.2) is 0 Å². The van der Waals surface area contributed by atoms with Gasteiger partial charge in [-0.15, -0.1) is 0 Å². The Morgan fingerprint density at radius 3 is 2.66 bits per heavy atom. The zero-order valence-corrected chi connectivity index (χ0v) is 17.3. The molecule has 0 spiro atoms. The maximum absolute atomic E-state index is 13.0. The predicted octanol–water partition coefficient (Wildman–Crippen LogP) is 4.46. The maximum Gasteiger partial charge on any atom is 0.225 e. The SMILES string of the molecule is Cc1cnccc1N1CCC(C(=O)N(C)CCc2cccc3ccccc23)CC1. The molecule has 0 N–H and O–H groups in total. The Morgan fingerprint density at radius 2 is 1.86 bits per heavy atom. The highest BCUT2D eigenvalue weighted by Gasteiger charge is 2.27. The van der Waals surface area contributed by atoms with Gasteiger partial charge in [-0.2, -0.15) is 0 Å². The van der Waals surface area contributed by atoms with Crippen LogP contribution in [0.2, 0.25) is 0 Å². The number of piperidine rings is 1. The lowest BCUT2D eigenvalue weighted by atomic mass is 9.94. The van der Waals surface area contributed by atoms with Crippen LogP contribution in [0.5, 0.6) is 0 Å². The first kappa shape index (κ1) is 19.4. The van der Waals surface area contributed by atoms with Gasteiger partial charge >= 0.3 is 0 Å². The fraction of sp³-hybridized carbons (Fsp3) is 0.360. The summed E-state index contributed by atoms with van der Waals surface area (Å²) in [4.78, 5) is 21.5. The Bertz CT molecular complexity index is 987. The number of fused-ring (bicyclic) bond motifs is 1. The second-order valence-electron chi connectivity index (χ2n) is 8.07. The number of rotatable bonds is 5. The molecule has 1 aliphatic rings. The standard InChI is InChI=1S/C25H29N3O/c1-19-18-26-14-10-24(19)28-16-12-22(13-17-28)25(29)27(2)15-11-21-8-5-7-20-6-3-4-9-23(20)21/h3-10,14,18,22H,11-13,15-17H2,1-2H3.